The Bertz CT molecular complexity index is 152. The molecule has 4 nitrogen and oxygen atoms in total. The van der Waals surface area contributed by atoms with Crippen LogP contribution in [0.5, 0.6) is 0 Å². The number of carbonyl (C=O) groups is 2. The second-order valence-corrected chi connectivity index (χ2v) is 2.70. The molecule has 0 rings (SSSR count). The molecule has 0 aromatic rings. The summed E-state index contributed by atoms with van der Waals surface area (Å²) in [5.41, 5.74) is 0. The van der Waals surface area contributed by atoms with Crippen LogP contribution in [-0.2, 0) is 9.59 Å². The van der Waals surface area contributed by atoms with Crippen molar-refractivity contribution in [2.45, 2.75) is 38.5 Å². The molecule has 0 aromatic carbocycles. The molecule has 0 fully saturated rings. The number of aliphatic carboxylic acids is 2. The van der Waals surface area contributed by atoms with Crippen LogP contribution >= 0.6 is 0 Å². The van der Waals surface area contributed by atoms with Crippen molar-refractivity contribution in [3.63, 3.8) is 0 Å². The first kappa shape index (κ1) is 20.4. The van der Waals surface area contributed by atoms with Crippen LogP contribution in [0.25, 0.3) is 0 Å². The van der Waals surface area contributed by atoms with Gasteiger partial charge in [-0.3, -0.25) is 9.59 Å². The summed E-state index contributed by atoms with van der Waals surface area (Å²) in [4.78, 5) is 20.1. The standard InChI is InChI=1S/C8H14O4.2Na.2H/c9-7(10)5-3-1-2-4-6-8(11)12;;;;/h1-6H2,(H,9,10)(H,11,12);;;;/q;2*+1;2*-1. The van der Waals surface area contributed by atoms with Crippen molar-refractivity contribution in [2.24, 2.45) is 0 Å². The molecule has 0 aliphatic heterocycles. The molecule has 6 heteroatoms. The van der Waals surface area contributed by atoms with Crippen molar-refractivity contribution in [1.82, 2.24) is 0 Å². The van der Waals surface area contributed by atoms with Gasteiger partial charge >= 0.3 is 71.1 Å². The van der Waals surface area contributed by atoms with E-state index in [0.29, 0.717) is 12.8 Å². The minimum Gasteiger partial charge on any atom is -1.00 e. The summed E-state index contributed by atoms with van der Waals surface area (Å²) in [6.07, 6.45) is 3.28. The fraction of sp³-hybridized carbons (Fsp3) is 0.750. The quantitative estimate of drug-likeness (QED) is 0.338. The molecule has 0 bridgehead atoms. The van der Waals surface area contributed by atoms with E-state index in [1.165, 1.54) is 0 Å². The molecule has 0 heterocycles. The normalized spacial score (nSPS) is 8.29. The predicted octanol–water partition coefficient (Wildman–Crippen LogP) is -4.27. The zero-order valence-corrected chi connectivity index (χ0v) is 13.0. The first-order chi connectivity index (χ1) is 5.63. The second kappa shape index (κ2) is 13.9. The van der Waals surface area contributed by atoms with Gasteiger partial charge in [-0.2, -0.15) is 0 Å². The Balaban J connectivity index is -0.000000101. The van der Waals surface area contributed by atoms with Gasteiger partial charge in [0.1, 0.15) is 0 Å². The smallest absolute Gasteiger partial charge is 1.00 e. The Labute approximate surface area is 131 Å². The van der Waals surface area contributed by atoms with E-state index in [4.69, 9.17) is 10.2 Å². The van der Waals surface area contributed by atoms with Gasteiger partial charge in [-0.15, -0.1) is 0 Å². The molecular formula is C8H16Na2O4. The molecule has 0 aliphatic carbocycles. The van der Waals surface area contributed by atoms with Gasteiger partial charge in [0, 0.05) is 12.8 Å². The van der Waals surface area contributed by atoms with Crippen LogP contribution in [0.2, 0.25) is 0 Å². The van der Waals surface area contributed by atoms with E-state index in [0.717, 1.165) is 12.8 Å². The van der Waals surface area contributed by atoms with Crippen molar-refractivity contribution < 1.29 is 81.8 Å². The van der Waals surface area contributed by atoms with E-state index in [9.17, 15) is 9.59 Å². The third kappa shape index (κ3) is 18.7. The third-order valence-electron chi connectivity index (χ3n) is 1.53. The van der Waals surface area contributed by atoms with Crippen molar-refractivity contribution in [3.8, 4) is 0 Å². The van der Waals surface area contributed by atoms with E-state index >= 15 is 0 Å². The number of unbranched alkanes of at least 4 members (excludes halogenated alkanes) is 3. The van der Waals surface area contributed by atoms with Gasteiger partial charge in [-0.1, -0.05) is 12.8 Å². The zero-order chi connectivity index (χ0) is 9.40. The van der Waals surface area contributed by atoms with Gasteiger partial charge in [0.15, 0.2) is 0 Å². The average Bonchev–Trinajstić information content (AvgIpc) is 1.95. The Morgan fingerprint density at radius 3 is 1.29 bits per heavy atom. The van der Waals surface area contributed by atoms with Crippen molar-refractivity contribution in [2.75, 3.05) is 0 Å². The van der Waals surface area contributed by atoms with Crippen LogP contribution in [0.3, 0.4) is 0 Å². The maximum absolute atomic E-state index is 10.0. The molecule has 0 unspecified atom stereocenters. The van der Waals surface area contributed by atoms with E-state index in [1.807, 2.05) is 0 Å². The van der Waals surface area contributed by atoms with Crippen LogP contribution in [0.15, 0.2) is 0 Å². The minimum absolute atomic E-state index is 0. The molecule has 0 amide bonds. The van der Waals surface area contributed by atoms with Crippen LogP contribution < -0.4 is 59.1 Å². The fourth-order valence-electron chi connectivity index (χ4n) is 0.906. The van der Waals surface area contributed by atoms with Crippen LogP contribution in [0, 0.1) is 0 Å². The maximum Gasteiger partial charge on any atom is 1.00 e. The number of carboxylic acid groups (broad SMARTS) is 2. The molecule has 74 valence electrons. The molecule has 0 radical (unpaired) electrons. The largest absolute Gasteiger partial charge is 1.00 e. The first-order valence-corrected chi connectivity index (χ1v) is 4.06. The van der Waals surface area contributed by atoms with Crippen molar-refractivity contribution in [1.29, 1.82) is 0 Å². The second-order valence-electron chi connectivity index (χ2n) is 2.70. The maximum atomic E-state index is 10.0. The van der Waals surface area contributed by atoms with Crippen molar-refractivity contribution >= 4 is 11.9 Å². The molecule has 0 aliphatic rings. The van der Waals surface area contributed by atoms with Gasteiger partial charge in [0.25, 0.3) is 0 Å². The number of carboxylic acids is 2. The summed E-state index contributed by atoms with van der Waals surface area (Å²) in [5.74, 6) is -1.57. The fourth-order valence-corrected chi connectivity index (χ4v) is 0.906. The molecule has 0 aromatic heterocycles. The summed E-state index contributed by atoms with van der Waals surface area (Å²) < 4.78 is 0. The Morgan fingerprint density at radius 2 is 1.07 bits per heavy atom. The Morgan fingerprint density at radius 1 is 0.786 bits per heavy atom. The number of rotatable bonds is 7. The van der Waals surface area contributed by atoms with Crippen LogP contribution in [-0.4, -0.2) is 22.2 Å². The Kier molecular flexibility index (Phi) is 20.3. The molecule has 0 spiro atoms. The first-order valence-electron chi connectivity index (χ1n) is 4.06. The van der Waals surface area contributed by atoms with E-state index in [2.05, 4.69) is 0 Å². The number of hydrogen-bond acceptors (Lipinski definition) is 2. The average molecular weight is 222 g/mol. The number of hydrogen-bond donors (Lipinski definition) is 2. The molecule has 14 heavy (non-hydrogen) atoms. The van der Waals surface area contributed by atoms with Gasteiger partial charge < -0.3 is 13.1 Å². The molecular weight excluding hydrogens is 206 g/mol. The van der Waals surface area contributed by atoms with Gasteiger partial charge in [-0.25, -0.2) is 0 Å². The zero-order valence-electron chi connectivity index (χ0n) is 11.0. The SMILES string of the molecule is O=C(O)CCCCCCC(=O)O.[H-].[H-].[Na+].[Na+]. The van der Waals surface area contributed by atoms with E-state index < -0.39 is 11.9 Å². The summed E-state index contributed by atoms with van der Waals surface area (Å²) >= 11 is 0. The minimum atomic E-state index is -0.784. The van der Waals surface area contributed by atoms with E-state index in [1.54, 1.807) is 0 Å². The predicted molar refractivity (Wildman–Crippen MR) is 45.2 cm³/mol. The molecule has 0 saturated heterocycles. The summed E-state index contributed by atoms with van der Waals surface area (Å²) in [6.45, 7) is 0. The third-order valence-corrected chi connectivity index (χ3v) is 1.53. The van der Waals surface area contributed by atoms with Crippen molar-refractivity contribution in [3.05, 3.63) is 0 Å². The Hall–Kier alpha value is 0.940. The summed E-state index contributed by atoms with van der Waals surface area (Å²) in [7, 11) is 0. The summed E-state index contributed by atoms with van der Waals surface area (Å²) in [5, 5.41) is 16.5. The van der Waals surface area contributed by atoms with E-state index in [-0.39, 0.29) is 74.8 Å². The molecule has 0 atom stereocenters. The topological polar surface area (TPSA) is 74.6 Å². The van der Waals surface area contributed by atoms with Gasteiger partial charge in [0.05, 0.1) is 0 Å². The van der Waals surface area contributed by atoms with Crippen LogP contribution in [0.4, 0.5) is 0 Å². The summed E-state index contributed by atoms with van der Waals surface area (Å²) in [6, 6.07) is 0. The van der Waals surface area contributed by atoms with Gasteiger partial charge in [-0.05, 0) is 12.8 Å². The van der Waals surface area contributed by atoms with Crippen LogP contribution in [0.1, 0.15) is 41.4 Å². The monoisotopic (exact) mass is 222 g/mol. The molecule has 2 N–H and O–H groups in total. The molecule has 0 saturated carbocycles. The van der Waals surface area contributed by atoms with Gasteiger partial charge in [0.2, 0.25) is 0 Å².